The Morgan fingerprint density at radius 3 is 2.50 bits per heavy atom. The average Bonchev–Trinajstić information content (AvgIpc) is 2.96. The highest BCUT2D eigenvalue weighted by Crippen LogP contribution is 2.48. The van der Waals surface area contributed by atoms with Crippen molar-refractivity contribution in [3.63, 3.8) is 0 Å². The third-order valence-corrected chi connectivity index (χ3v) is 3.45. The van der Waals surface area contributed by atoms with Crippen LogP contribution in [0.15, 0.2) is 0 Å². The molecule has 1 saturated carbocycles. The monoisotopic (exact) mass is 243 g/mol. The van der Waals surface area contributed by atoms with Crippen LogP contribution in [0.2, 0.25) is 0 Å². The Morgan fingerprint density at radius 1 is 1.25 bits per heavy atom. The van der Waals surface area contributed by atoms with Crippen LogP contribution >= 0.6 is 12.2 Å². The van der Waals surface area contributed by atoms with Crippen LogP contribution in [0, 0.1) is 5.41 Å². The predicted octanol–water partition coefficient (Wildman–Crippen LogP) is 3.43. The number of hydrogen-bond acceptors (Lipinski definition) is 2. The first-order valence-electron chi connectivity index (χ1n) is 6.55. The molecule has 3 heteroatoms. The van der Waals surface area contributed by atoms with Crippen molar-refractivity contribution >= 4 is 17.2 Å². The molecule has 0 atom stereocenters. The van der Waals surface area contributed by atoms with Gasteiger partial charge in [0.15, 0.2) is 0 Å². The normalized spacial score (nSPS) is 17.3. The van der Waals surface area contributed by atoms with Crippen molar-refractivity contribution in [1.29, 1.82) is 0 Å². The van der Waals surface area contributed by atoms with Gasteiger partial charge in [0.25, 0.3) is 0 Å². The first-order chi connectivity index (χ1) is 7.68. The second kappa shape index (κ2) is 7.23. The lowest BCUT2D eigenvalue weighted by molar-refractivity contribution is 0.0895. The molecule has 0 aromatic heterocycles. The number of nitrogens with two attached hydrogens (primary N) is 1. The van der Waals surface area contributed by atoms with E-state index in [9.17, 15) is 0 Å². The molecule has 0 heterocycles. The third-order valence-electron chi connectivity index (χ3n) is 3.31. The maximum absolute atomic E-state index is 5.73. The van der Waals surface area contributed by atoms with Crippen LogP contribution in [0.3, 0.4) is 0 Å². The summed E-state index contributed by atoms with van der Waals surface area (Å²) < 4.78 is 5.73. The van der Waals surface area contributed by atoms with Crippen molar-refractivity contribution in [1.82, 2.24) is 0 Å². The van der Waals surface area contributed by atoms with Crippen LogP contribution in [0.25, 0.3) is 0 Å². The van der Waals surface area contributed by atoms with Crippen LogP contribution in [0.5, 0.6) is 0 Å². The number of hydrogen-bond donors (Lipinski definition) is 1. The van der Waals surface area contributed by atoms with Gasteiger partial charge in [-0.1, -0.05) is 44.8 Å². The van der Waals surface area contributed by atoms with Crippen LogP contribution in [0.1, 0.15) is 58.3 Å². The second-order valence-electron chi connectivity index (χ2n) is 5.11. The Labute approximate surface area is 105 Å². The lowest BCUT2D eigenvalue weighted by Gasteiger charge is -2.14. The molecule has 0 aromatic carbocycles. The molecule has 0 radical (unpaired) electrons. The standard InChI is InChI=1S/C13H25NOS/c1-2-3-4-5-6-9-15-11-13(7-8-13)10-12(14)16/h2-11H2,1H3,(H2,14,16). The molecular weight excluding hydrogens is 218 g/mol. The van der Waals surface area contributed by atoms with Crippen LogP contribution in [0.4, 0.5) is 0 Å². The SMILES string of the molecule is CCCCCCCOCC1(CC(N)=S)CC1. The maximum Gasteiger partial charge on any atom is 0.0733 e. The zero-order valence-electron chi connectivity index (χ0n) is 10.5. The molecule has 0 saturated heterocycles. The van der Waals surface area contributed by atoms with Gasteiger partial charge in [0.1, 0.15) is 0 Å². The van der Waals surface area contributed by atoms with Crippen molar-refractivity contribution in [3.05, 3.63) is 0 Å². The molecular formula is C13H25NOS. The summed E-state index contributed by atoms with van der Waals surface area (Å²) in [5.74, 6) is 0. The highest BCUT2D eigenvalue weighted by molar-refractivity contribution is 7.80. The van der Waals surface area contributed by atoms with E-state index in [-0.39, 0.29) is 0 Å². The summed E-state index contributed by atoms with van der Waals surface area (Å²) in [6.45, 7) is 4.00. The highest BCUT2D eigenvalue weighted by atomic mass is 32.1. The van der Waals surface area contributed by atoms with Crippen molar-refractivity contribution < 1.29 is 4.74 Å². The Morgan fingerprint density at radius 2 is 1.94 bits per heavy atom. The molecule has 16 heavy (non-hydrogen) atoms. The fourth-order valence-electron chi connectivity index (χ4n) is 2.01. The van der Waals surface area contributed by atoms with E-state index in [0.717, 1.165) is 19.6 Å². The van der Waals surface area contributed by atoms with E-state index in [1.165, 1.54) is 44.9 Å². The first kappa shape index (κ1) is 13.9. The molecule has 0 aromatic rings. The molecule has 1 aliphatic carbocycles. The van der Waals surface area contributed by atoms with Gasteiger partial charge in [-0.2, -0.15) is 0 Å². The lowest BCUT2D eigenvalue weighted by atomic mass is 10.0. The predicted molar refractivity (Wildman–Crippen MR) is 72.6 cm³/mol. The van der Waals surface area contributed by atoms with E-state index in [2.05, 4.69) is 6.92 Å². The number of ether oxygens (including phenoxy) is 1. The molecule has 0 aliphatic heterocycles. The smallest absolute Gasteiger partial charge is 0.0733 e. The summed E-state index contributed by atoms with van der Waals surface area (Å²) in [6.07, 6.45) is 9.85. The summed E-state index contributed by atoms with van der Waals surface area (Å²) in [4.78, 5) is 0.643. The molecule has 0 amide bonds. The fraction of sp³-hybridized carbons (Fsp3) is 0.923. The molecule has 0 bridgehead atoms. The summed E-state index contributed by atoms with van der Waals surface area (Å²) in [5.41, 5.74) is 5.91. The van der Waals surface area contributed by atoms with Gasteiger partial charge in [-0.3, -0.25) is 0 Å². The summed E-state index contributed by atoms with van der Waals surface area (Å²) in [7, 11) is 0. The van der Waals surface area contributed by atoms with Crippen molar-refractivity contribution in [2.75, 3.05) is 13.2 Å². The van der Waals surface area contributed by atoms with Gasteiger partial charge in [0.05, 0.1) is 11.6 Å². The fourth-order valence-corrected chi connectivity index (χ4v) is 2.32. The first-order valence-corrected chi connectivity index (χ1v) is 6.95. The molecule has 1 aliphatic rings. The zero-order chi connectivity index (χ0) is 11.9. The Kier molecular flexibility index (Phi) is 6.29. The molecule has 0 unspecified atom stereocenters. The Bertz CT molecular complexity index is 214. The minimum atomic E-state index is 0.329. The van der Waals surface area contributed by atoms with Crippen LogP contribution in [-0.4, -0.2) is 18.2 Å². The van der Waals surface area contributed by atoms with E-state index in [1.54, 1.807) is 0 Å². The molecule has 94 valence electrons. The van der Waals surface area contributed by atoms with Crippen molar-refractivity contribution in [2.45, 2.75) is 58.3 Å². The maximum atomic E-state index is 5.73. The minimum absolute atomic E-state index is 0.329. The van der Waals surface area contributed by atoms with Crippen molar-refractivity contribution in [2.24, 2.45) is 11.1 Å². The number of thiocarbonyl (C=S) groups is 1. The lowest BCUT2D eigenvalue weighted by Crippen LogP contribution is -2.19. The van der Waals surface area contributed by atoms with E-state index in [1.807, 2.05) is 0 Å². The highest BCUT2D eigenvalue weighted by Gasteiger charge is 2.43. The van der Waals surface area contributed by atoms with Gasteiger partial charge < -0.3 is 10.5 Å². The van der Waals surface area contributed by atoms with E-state index in [4.69, 9.17) is 22.7 Å². The molecule has 1 rings (SSSR count). The van der Waals surface area contributed by atoms with Gasteiger partial charge >= 0.3 is 0 Å². The topological polar surface area (TPSA) is 35.2 Å². The quantitative estimate of drug-likeness (QED) is 0.471. The summed E-state index contributed by atoms with van der Waals surface area (Å²) >= 11 is 4.96. The van der Waals surface area contributed by atoms with E-state index >= 15 is 0 Å². The summed E-state index contributed by atoms with van der Waals surface area (Å²) in [5, 5.41) is 0. The Balaban J connectivity index is 1.93. The second-order valence-corrected chi connectivity index (χ2v) is 5.63. The largest absolute Gasteiger partial charge is 0.393 e. The number of unbranched alkanes of at least 4 members (excludes halogenated alkanes) is 4. The van der Waals surface area contributed by atoms with Gasteiger partial charge in [0, 0.05) is 18.4 Å². The zero-order valence-corrected chi connectivity index (χ0v) is 11.3. The molecule has 2 N–H and O–H groups in total. The van der Waals surface area contributed by atoms with Crippen LogP contribution < -0.4 is 5.73 Å². The summed E-state index contributed by atoms with van der Waals surface area (Å²) in [6, 6.07) is 0. The van der Waals surface area contributed by atoms with Gasteiger partial charge in [-0.05, 0) is 19.3 Å². The molecule has 1 fully saturated rings. The van der Waals surface area contributed by atoms with Gasteiger partial charge in [0.2, 0.25) is 0 Å². The molecule has 2 nitrogen and oxygen atoms in total. The average molecular weight is 243 g/mol. The minimum Gasteiger partial charge on any atom is -0.393 e. The Hall–Kier alpha value is -0.150. The third kappa shape index (κ3) is 5.80. The van der Waals surface area contributed by atoms with E-state index in [0.29, 0.717) is 10.4 Å². The van der Waals surface area contributed by atoms with Crippen LogP contribution in [-0.2, 0) is 4.74 Å². The molecule has 0 spiro atoms. The van der Waals surface area contributed by atoms with E-state index < -0.39 is 0 Å². The number of rotatable bonds is 10. The van der Waals surface area contributed by atoms with Gasteiger partial charge in [-0.15, -0.1) is 0 Å². The van der Waals surface area contributed by atoms with Gasteiger partial charge in [-0.25, -0.2) is 0 Å². The van der Waals surface area contributed by atoms with Crippen molar-refractivity contribution in [3.8, 4) is 0 Å².